The van der Waals surface area contributed by atoms with E-state index in [2.05, 4.69) is 28.1 Å². The number of halogens is 1. The highest BCUT2D eigenvalue weighted by Crippen LogP contribution is 2.38. The number of aliphatic imine (C=N–C) groups is 1. The zero-order valence-corrected chi connectivity index (χ0v) is 16.1. The van der Waals surface area contributed by atoms with Gasteiger partial charge in [0.15, 0.2) is 5.96 Å². The van der Waals surface area contributed by atoms with Gasteiger partial charge in [-0.25, -0.2) is 9.79 Å². The molecule has 2 aromatic rings. The Morgan fingerprint density at radius 3 is 2.62 bits per heavy atom. The van der Waals surface area contributed by atoms with Gasteiger partial charge < -0.3 is 15.7 Å². The molecule has 26 heavy (non-hydrogen) atoms. The molecule has 2 aliphatic rings. The molecule has 4 rings (SSSR count). The third kappa shape index (κ3) is 3.46. The fourth-order valence-electron chi connectivity index (χ4n) is 4.00. The number of rotatable bonds is 2. The van der Waals surface area contributed by atoms with Crippen LogP contribution < -0.4 is 5.73 Å². The molecule has 1 heterocycles. The molecule has 0 saturated carbocycles. The first-order chi connectivity index (χ1) is 12.1. The Kier molecular flexibility index (Phi) is 5.32. The maximum Gasteiger partial charge on any atom is 0.335 e. The van der Waals surface area contributed by atoms with E-state index in [4.69, 9.17) is 10.8 Å². The highest BCUT2D eigenvalue weighted by atomic mass is 79.9. The maximum absolute atomic E-state index is 10.9. The maximum atomic E-state index is 10.9. The number of hydrogen-bond acceptors (Lipinski definition) is 2. The van der Waals surface area contributed by atoms with Crippen LogP contribution in [0, 0.1) is 0 Å². The Morgan fingerprint density at radius 1 is 1.15 bits per heavy atom. The highest BCUT2D eigenvalue weighted by Gasteiger charge is 2.30. The zero-order chi connectivity index (χ0) is 17.4. The Hall–Kier alpha value is -2.34. The second kappa shape index (κ2) is 7.50. The molecule has 136 valence electrons. The molecule has 1 aliphatic heterocycles. The van der Waals surface area contributed by atoms with Gasteiger partial charge in [-0.3, -0.25) is 0 Å². The number of benzene rings is 2. The summed E-state index contributed by atoms with van der Waals surface area (Å²) in [6.07, 6.45) is 3.60. The number of nitrogens with zero attached hydrogens (tertiary/aromatic N) is 2. The molecule has 0 radical (unpaired) electrons. The third-order valence-corrected chi connectivity index (χ3v) is 5.18. The molecule has 1 atom stereocenters. The van der Waals surface area contributed by atoms with Crippen molar-refractivity contribution in [3.8, 4) is 0 Å². The van der Waals surface area contributed by atoms with E-state index >= 15 is 0 Å². The van der Waals surface area contributed by atoms with Crippen LogP contribution in [0.15, 0.2) is 47.5 Å². The number of carbonyl (C=O) groups is 1. The average Bonchev–Trinajstić information content (AvgIpc) is 2.62. The van der Waals surface area contributed by atoms with E-state index in [0.29, 0.717) is 17.6 Å². The molecule has 6 heteroatoms. The van der Waals surface area contributed by atoms with Crippen LogP contribution in [0.2, 0.25) is 0 Å². The van der Waals surface area contributed by atoms with Gasteiger partial charge in [0, 0.05) is 19.0 Å². The highest BCUT2D eigenvalue weighted by molar-refractivity contribution is 8.93. The van der Waals surface area contributed by atoms with Gasteiger partial charge in [-0.2, -0.15) is 0 Å². The molecule has 0 bridgehead atoms. The zero-order valence-electron chi connectivity index (χ0n) is 14.4. The topological polar surface area (TPSA) is 78.9 Å². The van der Waals surface area contributed by atoms with Crippen molar-refractivity contribution in [3.05, 3.63) is 64.7 Å². The molecule has 3 N–H and O–H groups in total. The van der Waals surface area contributed by atoms with Gasteiger partial charge in [0.25, 0.3) is 0 Å². The Bertz CT molecular complexity index is 849. The first kappa shape index (κ1) is 18.5. The summed E-state index contributed by atoms with van der Waals surface area (Å²) in [4.78, 5) is 17.6. The summed E-state index contributed by atoms with van der Waals surface area (Å²) in [5.41, 5.74) is 11.6. The predicted molar refractivity (Wildman–Crippen MR) is 108 cm³/mol. The molecule has 0 aromatic heterocycles. The number of carboxylic acids is 1. The summed E-state index contributed by atoms with van der Waals surface area (Å²) in [6.45, 7) is 1.68. The number of nitrogens with two attached hydrogens (primary N) is 1. The number of guanidine groups is 1. The molecule has 1 aliphatic carbocycles. The Morgan fingerprint density at radius 2 is 1.88 bits per heavy atom. The molecule has 0 amide bonds. The monoisotopic (exact) mass is 415 g/mol. The van der Waals surface area contributed by atoms with Gasteiger partial charge in [0.1, 0.15) is 0 Å². The molecule has 1 unspecified atom stereocenters. The van der Waals surface area contributed by atoms with Crippen LogP contribution in [0.4, 0.5) is 5.69 Å². The van der Waals surface area contributed by atoms with E-state index < -0.39 is 5.97 Å². The minimum absolute atomic E-state index is 0. The second-order valence-electron chi connectivity index (χ2n) is 6.78. The van der Waals surface area contributed by atoms with Crippen molar-refractivity contribution in [1.29, 1.82) is 0 Å². The van der Waals surface area contributed by atoms with Gasteiger partial charge in [0.05, 0.1) is 11.3 Å². The van der Waals surface area contributed by atoms with Gasteiger partial charge >= 0.3 is 5.97 Å². The van der Waals surface area contributed by atoms with Crippen molar-refractivity contribution in [3.63, 3.8) is 0 Å². The summed E-state index contributed by atoms with van der Waals surface area (Å²) >= 11 is 0. The van der Waals surface area contributed by atoms with Gasteiger partial charge in [0.2, 0.25) is 0 Å². The minimum atomic E-state index is -0.941. The molecule has 0 fully saturated rings. The summed E-state index contributed by atoms with van der Waals surface area (Å²) in [7, 11) is 0. The standard InChI is InChI=1S/C20H21N3O2.BrH/c21-20(22-17-9-7-14(8-10-17)19(24)25)23-11-15-5-1-3-13-4-2-6-16(12-23)18(13)15;/h1,3,5,7-10,16H,2,4,6,11-12H2,(H2,21,22)(H,24,25);1H. The summed E-state index contributed by atoms with van der Waals surface area (Å²) < 4.78 is 0. The first-order valence-corrected chi connectivity index (χ1v) is 8.65. The number of aryl methyl sites for hydroxylation is 1. The van der Waals surface area contributed by atoms with Crippen LogP contribution in [-0.4, -0.2) is 28.5 Å². The average molecular weight is 416 g/mol. The van der Waals surface area contributed by atoms with E-state index in [9.17, 15) is 4.79 Å². The molecule has 2 aromatic carbocycles. The van der Waals surface area contributed by atoms with Crippen LogP contribution >= 0.6 is 17.0 Å². The second-order valence-corrected chi connectivity index (χ2v) is 6.78. The molecule has 5 nitrogen and oxygen atoms in total. The summed E-state index contributed by atoms with van der Waals surface area (Å²) in [5.74, 6) is 0.0748. The molecule has 0 saturated heterocycles. The van der Waals surface area contributed by atoms with Crippen molar-refractivity contribution < 1.29 is 9.90 Å². The lowest BCUT2D eigenvalue weighted by Crippen LogP contribution is -2.43. The lowest BCUT2D eigenvalue weighted by molar-refractivity contribution is 0.0697. The normalized spacial score (nSPS) is 18.7. The molecule has 0 spiro atoms. The van der Waals surface area contributed by atoms with Crippen molar-refractivity contribution in [2.75, 3.05) is 6.54 Å². The smallest absolute Gasteiger partial charge is 0.335 e. The summed E-state index contributed by atoms with van der Waals surface area (Å²) in [5, 5.41) is 8.97. The van der Waals surface area contributed by atoms with E-state index in [1.54, 1.807) is 24.3 Å². The van der Waals surface area contributed by atoms with Crippen LogP contribution in [0.5, 0.6) is 0 Å². The van der Waals surface area contributed by atoms with Gasteiger partial charge in [-0.05, 0) is 60.2 Å². The summed E-state index contributed by atoms with van der Waals surface area (Å²) in [6, 6.07) is 13.1. The van der Waals surface area contributed by atoms with E-state index in [1.165, 1.54) is 36.0 Å². The van der Waals surface area contributed by atoms with Crippen LogP contribution in [0.3, 0.4) is 0 Å². The lowest BCUT2D eigenvalue weighted by atomic mass is 9.78. The van der Waals surface area contributed by atoms with Crippen LogP contribution in [0.25, 0.3) is 0 Å². The fraction of sp³-hybridized carbons (Fsp3) is 0.300. The van der Waals surface area contributed by atoms with Crippen LogP contribution in [0.1, 0.15) is 45.8 Å². The largest absolute Gasteiger partial charge is 0.478 e. The van der Waals surface area contributed by atoms with Crippen LogP contribution in [-0.2, 0) is 13.0 Å². The van der Waals surface area contributed by atoms with E-state index in [0.717, 1.165) is 13.1 Å². The molecular formula is C20H22BrN3O2. The first-order valence-electron chi connectivity index (χ1n) is 8.65. The van der Waals surface area contributed by atoms with Crippen molar-refractivity contribution in [1.82, 2.24) is 4.90 Å². The predicted octanol–water partition coefficient (Wildman–Crippen LogP) is 3.84. The van der Waals surface area contributed by atoms with Gasteiger partial charge in [-0.1, -0.05) is 18.2 Å². The van der Waals surface area contributed by atoms with E-state index in [-0.39, 0.29) is 22.5 Å². The number of carboxylic acid groups (broad SMARTS) is 1. The lowest BCUT2D eigenvalue weighted by Gasteiger charge is -2.38. The Labute approximate surface area is 163 Å². The van der Waals surface area contributed by atoms with E-state index in [1.807, 2.05) is 0 Å². The third-order valence-electron chi connectivity index (χ3n) is 5.18. The van der Waals surface area contributed by atoms with Gasteiger partial charge in [-0.15, -0.1) is 17.0 Å². The fourth-order valence-corrected chi connectivity index (χ4v) is 4.00. The SMILES string of the molecule is Br.NC(=Nc1ccc(C(=O)O)cc1)N1Cc2cccc3c2C(CCC3)C1. The minimum Gasteiger partial charge on any atom is -0.478 e. The molecular weight excluding hydrogens is 394 g/mol. The van der Waals surface area contributed by atoms with Crippen molar-refractivity contribution in [2.45, 2.75) is 31.7 Å². The quantitative estimate of drug-likeness (QED) is 0.576. The van der Waals surface area contributed by atoms with Crippen molar-refractivity contribution in [2.24, 2.45) is 10.7 Å². The van der Waals surface area contributed by atoms with Crippen molar-refractivity contribution >= 4 is 34.6 Å². The number of hydrogen-bond donors (Lipinski definition) is 2. The number of aromatic carboxylic acids is 1. The Balaban J connectivity index is 0.00000196.